The molecule has 2 aromatic rings. The van der Waals surface area contributed by atoms with Crippen LogP contribution in [0.15, 0.2) is 65.2 Å². The number of carbonyl (C=O) groups is 1. The number of methoxy groups -OCH3 is 1. The van der Waals surface area contributed by atoms with Gasteiger partial charge in [-0.3, -0.25) is 0 Å². The van der Waals surface area contributed by atoms with E-state index in [4.69, 9.17) is 4.74 Å². The molecule has 4 N–H and O–H groups in total. The van der Waals surface area contributed by atoms with E-state index < -0.39 is 10.9 Å². The number of carboxylic acid groups (broad SMARTS) is 1. The van der Waals surface area contributed by atoms with Crippen LogP contribution < -0.4 is 10.2 Å². The fourth-order valence-corrected chi connectivity index (χ4v) is 6.16. The predicted molar refractivity (Wildman–Crippen MR) is 147 cm³/mol. The Bertz CT molecular complexity index is 1260. The molecule has 2 bridgehead atoms. The van der Waals surface area contributed by atoms with E-state index in [1.165, 1.54) is 67.5 Å². The van der Waals surface area contributed by atoms with Crippen molar-refractivity contribution in [3.8, 4) is 5.75 Å². The number of fused-ring (bicyclic) bond motifs is 2. The lowest BCUT2D eigenvalue weighted by Gasteiger charge is -2.25. The molecule has 2 unspecified atom stereocenters. The molecule has 0 amide bonds. The van der Waals surface area contributed by atoms with Crippen molar-refractivity contribution < 1.29 is 30.0 Å². The van der Waals surface area contributed by atoms with Crippen molar-refractivity contribution in [3.63, 3.8) is 0 Å². The van der Waals surface area contributed by atoms with Crippen LogP contribution >= 0.6 is 11.8 Å². The fraction of sp³-hybridized carbons (Fsp3) is 0.345. The van der Waals surface area contributed by atoms with Gasteiger partial charge in [0.15, 0.2) is 0 Å². The molecular formula is C29H35N2O5S+. The number of allylic oxidation sites excluding steroid dienone is 4. The van der Waals surface area contributed by atoms with E-state index in [1.54, 1.807) is 13.0 Å². The molecule has 2 aromatic carbocycles. The summed E-state index contributed by atoms with van der Waals surface area (Å²) >= 11 is 1.27. The van der Waals surface area contributed by atoms with Gasteiger partial charge >= 0.3 is 5.97 Å². The largest absolute Gasteiger partial charge is 0.494 e. The molecule has 0 aliphatic heterocycles. The average Bonchev–Trinajstić information content (AvgIpc) is 3.53. The third-order valence-corrected chi connectivity index (χ3v) is 8.70. The zero-order valence-electron chi connectivity index (χ0n) is 21.7. The standard InChI is InChI=1S/C29H34N2O5S/c1-5-18(3)28(21-11-9-20(10-12-21)24-16-19-7-8-22(24)15-19)37-27(6-2)31(34,35)30-25-14-13-23(29(32)33)17-26(25)36-4/h6,9-14,16-17,19,22,30,34-35H,5,7-8,15H2,1-4H3/p+1/b27-6-,28-18?. The highest BCUT2D eigenvalue weighted by Gasteiger charge is 2.35. The Hall–Kier alpha value is -3.04. The number of hydrogen-bond acceptors (Lipinski definition) is 6. The quantitative estimate of drug-likeness (QED) is 0.188. The summed E-state index contributed by atoms with van der Waals surface area (Å²) in [5, 5.41) is 31.5. The van der Waals surface area contributed by atoms with Crippen molar-refractivity contribution in [1.29, 1.82) is 0 Å². The molecule has 37 heavy (non-hydrogen) atoms. The first-order valence-corrected chi connectivity index (χ1v) is 13.4. The summed E-state index contributed by atoms with van der Waals surface area (Å²) in [5.41, 5.74) is 7.79. The van der Waals surface area contributed by atoms with Crippen LogP contribution in [-0.4, -0.2) is 33.5 Å². The SMILES string of the molecule is C/C=C(\SC(=C(C)CC)c1ccc(C2=CC3CCC2C3)cc1)[N+](O)(O)Nc1ccc(C(=O)O)cc1OC. The number of quaternary nitrogens is 1. The lowest BCUT2D eigenvalue weighted by Crippen LogP contribution is -2.44. The Morgan fingerprint density at radius 1 is 1.16 bits per heavy atom. The summed E-state index contributed by atoms with van der Waals surface area (Å²) in [6.07, 6.45) is 8.75. The third-order valence-electron chi connectivity index (χ3n) is 7.21. The summed E-state index contributed by atoms with van der Waals surface area (Å²) < 4.78 is 5.27. The number of thioether (sulfide) groups is 1. The number of carboxylic acids is 1. The molecule has 0 heterocycles. The molecule has 2 atom stereocenters. The van der Waals surface area contributed by atoms with E-state index in [0.29, 0.717) is 5.92 Å². The van der Waals surface area contributed by atoms with Crippen molar-refractivity contribution in [2.45, 2.75) is 46.5 Å². The normalized spacial score (nSPS) is 19.9. The number of anilines is 1. The molecule has 2 aliphatic rings. The topological polar surface area (TPSA) is 99.0 Å². The Balaban J connectivity index is 1.57. The van der Waals surface area contributed by atoms with Gasteiger partial charge in [0, 0.05) is 4.91 Å². The minimum Gasteiger partial charge on any atom is -0.494 e. The molecule has 1 saturated carbocycles. The monoisotopic (exact) mass is 523 g/mol. The summed E-state index contributed by atoms with van der Waals surface area (Å²) in [6, 6.07) is 12.7. The summed E-state index contributed by atoms with van der Waals surface area (Å²) in [5.74, 6) is 0.492. The Morgan fingerprint density at radius 3 is 2.41 bits per heavy atom. The number of hydroxylamine groups is 2. The number of hydrogen-bond donors (Lipinski definition) is 4. The summed E-state index contributed by atoms with van der Waals surface area (Å²) in [7, 11) is 1.39. The number of nitrogens with one attached hydrogen (secondary N) is 1. The lowest BCUT2D eigenvalue weighted by atomic mass is 9.91. The smallest absolute Gasteiger partial charge is 0.335 e. The van der Waals surface area contributed by atoms with Crippen LogP contribution in [0.5, 0.6) is 5.75 Å². The van der Waals surface area contributed by atoms with Gasteiger partial charge in [-0.2, -0.15) is 5.43 Å². The van der Waals surface area contributed by atoms with E-state index in [-0.39, 0.29) is 22.0 Å². The first-order chi connectivity index (χ1) is 17.7. The van der Waals surface area contributed by atoms with Crippen LogP contribution in [0.1, 0.15) is 67.9 Å². The Morgan fingerprint density at radius 2 is 1.86 bits per heavy atom. The first kappa shape index (κ1) is 27.0. The van der Waals surface area contributed by atoms with Crippen molar-refractivity contribution >= 4 is 33.9 Å². The van der Waals surface area contributed by atoms with Gasteiger partial charge in [0.25, 0.3) is 5.03 Å². The number of nitrogens with zero attached hydrogens (tertiary/aromatic N) is 1. The van der Waals surface area contributed by atoms with Crippen molar-refractivity contribution in [2.75, 3.05) is 12.5 Å². The second-order valence-corrected chi connectivity index (χ2v) is 10.6. The second-order valence-electron chi connectivity index (χ2n) is 9.59. The van der Waals surface area contributed by atoms with E-state index in [0.717, 1.165) is 28.4 Å². The number of aromatic carboxylic acids is 1. The molecule has 0 spiro atoms. The van der Waals surface area contributed by atoms with Gasteiger partial charge in [-0.15, -0.1) is 10.4 Å². The van der Waals surface area contributed by atoms with E-state index >= 15 is 0 Å². The molecule has 0 aromatic heterocycles. The van der Waals surface area contributed by atoms with E-state index in [9.17, 15) is 20.3 Å². The van der Waals surface area contributed by atoms with Gasteiger partial charge in [0.1, 0.15) is 11.4 Å². The van der Waals surface area contributed by atoms with Crippen LogP contribution in [0.2, 0.25) is 0 Å². The third kappa shape index (κ3) is 5.78. The Kier molecular flexibility index (Phi) is 8.14. The highest BCUT2D eigenvalue weighted by molar-refractivity contribution is 8.11. The highest BCUT2D eigenvalue weighted by atomic mass is 32.2. The van der Waals surface area contributed by atoms with Crippen LogP contribution in [0.3, 0.4) is 0 Å². The molecule has 196 valence electrons. The Labute approximate surface area is 222 Å². The maximum absolute atomic E-state index is 11.3. The van der Waals surface area contributed by atoms with Crippen molar-refractivity contribution in [1.82, 2.24) is 0 Å². The molecule has 1 fully saturated rings. The highest BCUT2D eigenvalue weighted by Crippen LogP contribution is 2.48. The minimum absolute atomic E-state index is 0.0328. The van der Waals surface area contributed by atoms with Crippen molar-refractivity contribution in [2.24, 2.45) is 11.8 Å². The molecule has 0 saturated heterocycles. The zero-order chi connectivity index (χ0) is 26.7. The number of benzene rings is 2. The fourth-order valence-electron chi connectivity index (χ4n) is 5.09. The summed E-state index contributed by atoms with van der Waals surface area (Å²) in [6.45, 7) is 5.86. The first-order valence-electron chi connectivity index (χ1n) is 12.6. The molecular weight excluding hydrogens is 488 g/mol. The van der Waals surface area contributed by atoms with Crippen LogP contribution in [0, 0.1) is 11.8 Å². The second kappa shape index (κ2) is 11.1. The van der Waals surface area contributed by atoms with Gasteiger partial charge in [0.2, 0.25) is 0 Å². The van der Waals surface area contributed by atoms with Crippen LogP contribution in [0.25, 0.3) is 10.5 Å². The molecule has 0 radical (unpaired) electrons. The summed E-state index contributed by atoms with van der Waals surface area (Å²) in [4.78, 5) is 10.6. The van der Waals surface area contributed by atoms with Crippen LogP contribution in [0.4, 0.5) is 5.69 Å². The van der Waals surface area contributed by atoms with Gasteiger partial charge in [0.05, 0.1) is 17.6 Å². The molecule has 2 aliphatic carbocycles. The minimum atomic E-state index is -1.63. The van der Waals surface area contributed by atoms with E-state index in [1.807, 2.05) is 6.92 Å². The van der Waals surface area contributed by atoms with Gasteiger partial charge in [-0.25, -0.2) is 4.79 Å². The molecule has 4 rings (SSSR count). The zero-order valence-corrected chi connectivity index (χ0v) is 22.5. The van der Waals surface area contributed by atoms with E-state index in [2.05, 4.69) is 42.7 Å². The predicted octanol–water partition coefficient (Wildman–Crippen LogP) is 7.56. The number of ether oxygens (including phenoxy) is 1. The van der Waals surface area contributed by atoms with Gasteiger partial charge in [-0.05, 0) is 104 Å². The number of rotatable bonds is 10. The van der Waals surface area contributed by atoms with Gasteiger partial charge in [-0.1, -0.05) is 42.8 Å². The molecule has 8 heteroatoms. The average molecular weight is 524 g/mol. The molecule has 7 nitrogen and oxygen atoms in total. The lowest BCUT2D eigenvalue weighted by molar-refractivity contribution is -1.20. The van der Waals surface area contributed by atoms with Crippen molar-refractivity contribution in [3.05, 3.63) is 81.9 Å². The van der Waals surface area contributed by atoms with Crippen LogP contribution in [-0.2, 0) is 0 Å². The maximum Gasteiger partial charge on any atom is 0.335 e. The maximum atomic E-state index is 11.3. The van der Waals surface area contributed by atoms with Gasteiger partial charge < -0.3 is 9.84 Å².